The molecule has 1 fully saturated rings. The lowest BCUT2D eigenvalue weighted by Gasteiger charge is -2.36. The first-order chi connectivity index (χ1) is 12.7. The molecular weight excluding hydrogens is 386 g/mol. The Labute approximate surface area is 163 Å². The highest BCUT2D eigenvalue weighted by atomic mass is 35.5. The average Bonchev–Trinajstić information content (AvgIpc) is 2.81. The highest BCUT2D eigenvalue weighted by molar-refractivity contribution is 7.89. The summed E-state index contributed by atoms with van der Waals surface area (Å²) in [7, 11) is -3.69. The summed E-state index contributed by atoms with van der Waals surface area (Å²) in [5, 5.41) is 0.689. The molecule has 4 rings (SSSR count). The summed E-state index contributed by atoms with van der Waals surface area (Å²) >= 11 is 5.90. The molecule has 1 saturated carbocycles. The molecule has 2 aromatic rings. The predicted octanol–water partition coefficient (Wildman–Crippen LogP) is 3.97. The molecule has 0 radical (unpaired) electrons. The van der Waals surface area contributed by atoms with Crippen molar-refractivity contribution in [3.63, 3.8) is 0 Å². The molecule has 0 spiro atoms. The predicted molar refractivity (Wildman–Crippen MR) is 102 cm³/mol. The number of nitrogens with one attached hydrogen (secondary N) is 1. The van der Waals surface area contributed by atoms with Crippen LogP contribution in [0.5, 0.6) is 0 Å². The largest absolute Gasteiger partial charge is 0.451 e. The maximum atomic E-state index is 12.7. The average molecular weight is 406 g/mol. The van der Waals surface area contributed by atoms with Crippen LogP contribution >= 0.6 is 11.6 Å². The first-order valence-electron chi connectivity index (χ1n) is 8.81. The van der Waals surface area contributed by atoms with Crippen LogP contribution in [-0.2, 0) is 20.4 Å². The number of hydrogen-bond donors (Lipinski definition) is 1. The third-order valence-corrected chi connectivity index (χ3v) is 7.09. The Bertz CT molecular complexity index is 1010. The third kappa shape index (κ3) is 3.37. The lowest BCUT2D eigenvalue weighted by atomic mass is 9.76. The standard InChI is InChI=1S/C20H20ClNO4S/c1-20(2)18-8-7-16(11-17(18)19(23)26-20)27(24,25)22-15-9-13(10-15)12-3-5-14(21)6-4-12/h3-8,11,13,15,22H,9-10H2,1-2H3. The Hall–Kier alpha value is -1.89. The molecule has 1 heterocycles. The number of esters is 1. The van der Waals surface area contributed by atoms with Crippen LogP contribution in [0.1, 0.15) is 54.1 Å². The number of carbonyl (C=O) groups is 1. The van der Waals surface area contributed by atoms with Gasteiger partial charge in [-0.15, -0.1) is 0 Å². The highest BCUT2D eigenvalue weighted by Crippen LogP contribution is 2.39. The smallest absolute Gasteiger partial charge is 0.339 e. The summed E-state index contributed by atoms with van der Waals surface area (Å²) < 4.78 is 33.5. The number of fused-ring (bicyclic) bond motifs is 1. The molecule has 0 amide bonds. The molecule has 2 aliphatic rings. The fourth-order valence-electron chi connectivity index (χ4n) is 3.73. The Morgan fingerprint density at radius 3 is 2.44 bits per heavy atom. The van der Waals surface area contributed by atoms with Crippen molar-refractivity contribution >= 4 is 27.6 Å². The van der Waals surface area contributed by atoms with Gasteiger partial charge in [0.25, 0.3) is 0 Å². The number of rotatable bonds is 4. The second kappa shape index (κ2) is 6.33. The lowest BCUT2D eigenvalue weighted by molar-refractivity contribution is 0.00954. The van der Waals surface area contributed by atoms with Gasteiger partial charge >= 0.3 is 5.97 Å². The van der Waals surface area contributed by atoms with Crippen LogP contribution in [-0.4, -0.2) is 20.4 Å². The van der Waals surface area contributed by atoms with E-state index in [-0.39, 0.29) is 10.9 Å². The van der Waals surface area contributed by atoms with Gasteiger partial charge in [0.1, 0.15) is 5.60 Å². The van der Waals surface area contributed by atoms with Crippen LogP contribution in [0.4, 0.5) is 0 Å². The summed E-state index contributed by atoms with van der Waals surface area (Å²) in [6.45, 7) is 3.57. The van der Waals surface area contributed by atoms with Gasteiger partial charge < -0.3 is 4.74 Å². The summed E-state index contributed by atoms with van der Waals surface area (Å²) in [5.74, 6) is -0.163. The molecule has 0 bridgehead atoms. The third-order valence-electron chi connectivity index (χ3n) is 5.32. The lowest BCUT2D eigenvalue weighted by Crippen LogP contribution is -2.43. The molecule has 0 aromatic heterocycles. The van der Waals surface area contributed by atoms with Gasteiger partial charge in [0, 0.05) is 16.6 Å². The highest BCUT2D eigenvalue weighted by Gasteiger charge is 2.39. The molecule has 2 aromatic carbocycles. The van der Waals surface area contributed by atoms with Gasteiger partial charge in [-0.3, -0.25) is 0 Å². The van der Waals surface area contributed by atoms with E-state index in [1.807, 2.05) is 24.3 Å². The minimum Gasteiger partial charge on any atom is -0.451 e. The molecule has 1 N–H and O–H groups in total. The van der Waals surface area contributed by atoms with E-state index in [0.717, 1.165) is 18.4 Å². The first kappa shape index (κ1) is 18.5. The van der Waals surface area contributed by atoms with Crippen molar-refractivity contribution in [2.75, 3.05) is 0 Å². The fourth-order valence-corrected chi connectivity index (χ4v) is 5.15. The molecule has 27 heavy (non-hydrogen) atoms. The van der Waals surface area contributed by atoms with Crippen molar-refractivity contribution in [1.82, 2.24) is 4.72 Å². The zero-order valence-electron chi connectivity index (χ0n) is 15.0. The van der Waals surface area contributed by atoms with Crippen LogP contribution in [0.25, 0.3) is 0 Å². The van der Waals surface area contributed by atoms with E-state index in [4.69, 9.17) is 16.3 Å². The molecule has 0 saturated heterocycles. The van der Waals surface area contributed by atoms with E-state index in [1.54, 1.807) is 19.9 Å². The van der Waals surface area contributed by atoms with Gasteiger partial charge in [-0.05, 0) is 62.4 Å². The molecule has 7 heteroatoms. The fraction of sp³-hybridized carbons (Fsp3) is 0.350. The number of halogens is 1. The van der Waals surface area contributed by atoms with Gasteiger partial charge in [-0.1, -0.05) is 29.8 Å². The molecule has 0 atom stereocenters. The van der Waals surface area contributed by atoms with Gasteiger partial charge in [0.2, 0.25) is 10.0 Å². The van der Waals surface area contributed by atoms with Crippen LogP contribution in [0.15, 0.2) is 47.4 Å². The number of sulfonamides is 1. The number of cyclic esters (lactones) is 1. The van der Waals surface area contributed by atoms with E-state index in [1.165, 1.54) is 12.1 Å². The Morgan fingerprint density at radius 1 is 1.11 bits per heavy atom. The Morgan fingerprint density at radius 2 is 1.78 bits per heavy atom. The van der Waals surface area contributed by atoms with E-state index in [2.05, 4.69) is 4.72 Å². The van der Waals surface area contributed by atoms with Crippen LogP contribution in [0.2, 0.25) is 5.02 Å². The Kier molecular flexibility index (Phi) is 4.33. The zero-order chi connectivity index (χ0) is 19.4. The maximum Gasteiger partial charge on any atom is 0.339 e. The molecule has 0 unspecified atom stereocenters. The van der Waals surface area contributed by atoms with E-state index < -0.39 is 21.6 Å². The second-order valence-electron chi connectivity index (χ2n) is 7.65. The van der Waals surface area contributed by atoms with Gasteiger partial charge in [-0.25, -0.2) is 17.9 Å². The summed E-state index contributed by atoms with van der Waals surface area (Å²) in [6.07, 6.45) is 1.47. The van der Waals surface area contributed by atoms with Crippen molar-refractivity contribution in [3.8, 4) is 0 Å². The normalized spacial score (nSPS) is 23.4. The van der Waals surface area contributed by atoms with E-state index in [9.17, 15) is 13.2 Å². The summed E-state index contributed by atoms with van der Waals surface area (Å²) in [5.41, 5.74) is 1.45. The molecule has 142 valence electrons. The van der Waals surface area contributed by atoms with E-state index in [0.29, 0.717) is 22.1 Å². The number of benzene rings is 2. The van der Waals surface area contributed by atoms with Crippen molar-refractivity contribution in [2.45, 2.75) is 49.1 Å². The molecule has 1 aliphatic carbocycles. The maximum absolute atomic E-state index is 12.7. The second-order valence-corrected chi connectivity index (χ2v) is 9.80. The summed E-state index contributed by atoms with van der Waals surface area (Å²) in [6, 6.07) is 12.1. The van der Waals surface area contributed by atoms with Crippen LogP contribution < -0.4 is 4.72 Å². The number of hydrogen-bond acceptors (Lipinski definition) is 4. The van der Waals surface area contributed by atoms with Gasteiger partial charge in [-0.2, -0.15) is 0 Å². The minimum absolute atomic E-state index is 0.0887. The number of ether oxygens (including phenoxy) is 1. The zero-order valence-corrected chi connectivity index (χ0v) is 16.6. The van der Waals surface area contributed by atoms with Crippen molar-refractivity contribution in [1.29, 1.82) is 0 Å². The quantitative estimate of drug-likeness (QED) is 0.781. The van der Waals surface area contributed by atoms with Crippen molar-refractivity contribution in [2.24, 2.45) is 0 Å². The Balaban J connectivity index is 1.47. The van der Waals surface area contributed by atoms with Gasteiger partial charge in [0.15, 0.2) is 0 Å². The van der Waals surface area contributed by atoms with E-state index >= 15 is 0 Å². The summed E-state index contributed by atoms with van der Waals surface area (Å²) in [4.78, 5) is 12.1. The first-order valence-corrected chi connectivity index (χ1v) is 10.7. The minimum atomic E-state index is -3.69. The van der Waals surface area contributed by atoms with Crippen LogP contribution in [0, 0.1) is 0 Å². The SMILES string of the molecule is CC1(C)OC(=O)c2cc(S(=O)(=O)NC3CC(c4ccc(Cl)cc4)C3)ccc21. The van der Waals surface area contributed by atoms with Gasteiger partial charge in [0.05, 0.1) is 10.5 Å². The number of carbonyl (C=O) groups excluding carboxylic acids is 1. The monoisotopic (exact) mass is 405 g/mol. The molecular formula is C20H20ClNO4S. The topological polar surface area (TPSA) is 72.5 Å². The van der Waals surface area contributed by atoms with Crippen molar-refractivity contribution < 1.29 is 17.9 Å². The molecule has 5 nitrogen and oxygen atoms in total. The van der Waals surface area contributed by atoms with Crippen LogP contribution in [0.3, 0.4) is 0 Å². The molecule has 1 aliphatic heterocycles. The van der Waals surface area contributed by atoms with Crippen molar-refractivity contribution in [3.05, 3.63) is 64.2 Å².